The van der Waals surface area contributed by atoms with Crippen LogP contribution in [0.25, 0.3) is 11.0 Å². The van der Waals surface area contributed by atoms with Crippen LogP contribution in [0, 0.1) is 5.82 Å². The molecule has 0 amide bonds. The number of H-pyrrole nitrogens is 1. The molecule has 102 valence electrons. The molecule has 0 aliphatic carbocycles. The number of para-hydroxylation sites is 2. The Balaban J connectivity index is 1.54. The van der Waals surface area contributed by atoms with E-state index < -0.39 is 0 Å². The van der Waals surface area contributed by atoms with Gasteiger partial charge in [-0.15, -0.1) is 0 Å². The predicted octanol–water partition coefficient (Wildman–Crippen LogP) is 3.03. The molecule has 20 heavy (non-hydrogen) atoms. The first-order valence-corrected chi connectivity index (χ1v) is 6.71. The maximum absolute atomic E-state index is 13.4. The summed E-state index contributed by atoms with van der Waals surface area (Å²) < 4.78 is 13.4. The van der Waals surface area contributed by atoms with Gasteiger partial charge in [0.2, 0.25) is 0 Å². The summed E-state index contributed by atoms with van der Waals surface area (Å²) >= 11 is 0. The molecule has 0 aliphatic heterocycles. The summed E-state index contributed by atoms with van der Waals surface area (Å²) in [6.45, 7) is 1.29. The van der Waals surface area contributed by atoms with Gasteiger partial charge in [-0.05, 0) is 18.2 Å². The van der Waals surface area contributed by atoms with Gasteiger partial charge >= 0.3 is 0 Å². The third-order valence-electron chi connectivity index (χ3n) is 3.25. The summed E-state index contributed by atoms with van der Waals surface area (Å²) in [7, 11) is 0. The third kappa shape index (κ3) is 2.86. The maximum Gasteiger partial charge on any atom is 0.127 e. The molecule has 0 saturated carbocycles. The third-order valence-corrected chi connectivity index (χ3v) is 3.25. The normalized spacial score (nSPS) is 11.1. The second-order valence-electron chi connectivity index (χ2n) is 4.72. The molecule has 3 rings (SSSR count). The number of hydrogen-bond donors (Lipinski definition) is 2. The number of rotatable bonds is 5. The van der Waals surface area contributed by atoms with E-state index in [1.807, 2.05) is 30.3 Å². The van der Waals surface area contributed by atoms with E-state index in [9.17, 15) is 4.39 Å². The van der Waals surface area contributed by atoms with E-state index in [0.29, 0.717) is 12.1 Å². The van der Waals surface area contributed by atoms with E-state index in [2.05, 4.69) is 15.3 Å². The molecule has 0 fully saturated rings. The minimum atomic E-state index is -0.163. The van der Waals surface area contributed by atoms with Crippen LogP contribution < -0.4 is 5.32 Å². The van der Waals surface area contributed by atoms with Crippen LogP contribution in [0.4, 0.5) is 4.39 Å². The molecule has 0 aliphatic rings. The maximum atomic E-state index is 13.4. The van der Waals surface area contributed by atoms with Crippen LogP contribution >= 0.6 is 0 Å². The van der Waals surface area contributed by atoms with Crippen molar-refractivity contribution in [2.24, 2.45) is 0 Å². The topological polar surface area (TPSA) is 40.7 Å². The van der Waals surface area contributed by atoms with Gasteiger partial charge in [-0.1, -0.05) is 30.3 Å². The van der Waals surface area contributed by atoms with E-state index in [0.717, 1.165) is 29.8 Å². The minimum absolute atomic E-state index is 0.163. The van der Waals surface area contributed by atoms with E-state index in [1.165, 1.54) is 6.07 Å². The average Bonchev–Trinajstić information content (AvgIpc) is 2.88. The fourth-order valence-electron chi connectivity index (χ4n) is 2.20. The van der Waals surface area contributed by atoms with Gasteiger partial charge in [0.05, 0.1) is 11.0 Å². The molecule has 0 bridgehead atoms. The molecular formula is C16H16FN3. The van der Waals surface area contributed by atoms with E-state index in [4.69, 9.17) is 0 Å². The lowest BCUT2D eigenvalue weighted by Gasteiger charge is -2.04. The van der Waals surface area contributed by atoms with Crippen molar-refractivity contribution in [1.29, 1.82) is 0 Å². The smallest absolute Gasteiger partial charge is 0.127 e. The van der Waals surface area contributed by atoms with Crippen molar-refractivity contribution >= 4 is 11.0 Å². The van der Waals surface area contributed by atoms with E-state index in [1.54, 1.807) is 12.1 Å². The molecule has 3 aromatic rings. The molecule has 0 spiro atoms. The fraction of sp³-hybridized carbons (Fsp3) is 0.188. The highest BCUT2D eigenvalue weighted by atomic mass is 19.1. The number of nitrogens with one attached hydrogen (secondary N) is 2. The van der Waals surface area contributed by atoms with Crippen molar-refractivity contribution in [2.75, 3.05) is 6.54 Å². The van der Waals surface area contributed by atoms with Crippen LogP contribution in [-0.4, -0.2) is 16.5 Å². The Kier molecular flexibility index (Phi) is 3.74. The van der Waals surface area contributed by atoms with Crippen LogP contribution in [0.5, 0.6) is 0 Å². The number of aromatic amines is 1. The Morgan fingerprint density at radius 3 is 2.70 bits per heavy atom. The van der Waals surface area contributed by atoms with Gasteiger partial charge in [0.15, 0.2) is 0 Å². The fourth-order valence-corrected chi connectivity index (χ4v) is 2.20. The summed E-state index contributed by atoms with van der Waals surface area (Å²) in [5.41, 5.74) is 2.73. The van der Waals surface area contributed by atoms with Crippen molar-refractivity contribution < 1.29 is 4.39 Å². The Morgan fingerprint density at radius 2 is 1.85 bits per heavy atom. The lowest BCUT2D eigenvalue weighted by atomic mass is 10.2. The molecule has 2 N–H and O–H groups in total. The van der Waals surface area contributed by atoms with Gasteiger partial charge < -0.3 is 10.3 Å². The summed E-state index contributed by atoms with van der Waals surface area (Å²) in [4.78, 5) is 7.79. The van der Waals surface area contributed by atoms with Gasteiger partial charge in [0.1, 0.15) is 11.6 Å². The summed E-state index contributed by atoms with van der Waals surface area (Å²) in [5.74, 6) is 0.788. The minimum Gasteiger partial charge on any atom is -0.342 e. The lowest BCUT2D eigenvalue weighted by Crippen LogP contribution is -2.17. The van der Waals surface area contributed by atoms with Crippen molar-refractivity contribution in [1.82, 2.24) is 15.3 Å². The standard InChI is InChI=1S/C16H16FN3/c17-13-6-2-1-5-12(13)11-18-10-9-16-19-14-7-3-4-8-15(14)20-16/h1-8,18H,9-11H2,(H,19,20). The Bertz CT molecular complexity index is 673. The molecule has 0 radical (unpaired) electrons. The Morgan fingerprint density at radius 1 is 1.05 bits per heavy atom. The highest BCUT2D eigenvalue weighted by Crippen LogP contribution is 2.10. The molecule has 0 atom stereocenters. The van der Waals surface area contributed by atoms with Crippen LogP contribution in [0.3, 0.4) is 0 Å². The highest BCUT2D eigenvalue weighted by Gasteiger charge is 2.02. The van der Waals surface area contributed by atoms with Gasteiger partial charge in [-0.3, -0.25) is 0 Å². The molecular weight excluding hydrogens is 253 g/mol. The zero-order chi connectivity index (χ0) is 13.8. The number of benzene rings is 2. The molecule has 1 aromatic heterocycles. The van der Waals surface area contributed by atoms with Crippen LogP contribution in [0.15, 0.2) is 48.5 Å². The molecule has 0 unspecified atom stereocenters. The second-order valence-corrected chi connectivity index (χ2v) is 4.72. The Labute approximate surface area is 116 Å². The van der Waals surface area contributed by atoms with Crippen molar-refractivity contribution in [3.63, 3.8) is 0 Å². The number of aromatic nitrogens is 2. The first-order chi connectivity index (χ1) is 9.83. The zero-order valence-corrected chi connectivity index (χ0v) is 11.1. The van der Waals surface area contributed by atoms with Crippen LogP contribution in [-0.2, 0) is 13.0 Å². The SMILES string of the molecule is Fc1ccccc1CNCCc1nc2ccccc2[nH]1. The molecule has 0 saturated heterocycles. The summed E-state index contributed by atoms with van der Waals surface area (Å²) in [6, 6.07) is 14.8. The Hall–Kier alpha value is -2.20. The quantitative estimate of drug-likeness (QED) is 0.699. The lowest BCUT2D eigenvalue weighted by molar-refractivity contribution is 0.587. The number of fused-ring (bicyclic) bond motifs is 1. The number of imidazole rings is 1. The average molecular weight is 269 g/mol. The first kappa shape index (κ1) is 12.8. The van der Waals surface area contributed by atoms with Crippen LogP contribution in [0.1, 0.15) is 11.4 Å². The predicted molar refractivity (Wildman–Crippen MR) is 77.9 cm³/mol. The molecule has 1 heterocycles. The molecule has 4 heteroatoms. The van der Waals surface area contributed by atoms with Crippen molar-refractivity contribution in [3.8, 4) is 0 Å². The molecule has 2 aromatic carbocycles. The molecule has 3 nitrogen and oxygen atoms in total. The number of halogens is 1. The van der Waals surface area contributed by atoms with Gasteiger partial charge in [-0.2, -0.15) is 0 Å². The van der Waals surface area contributed by atoms with E-state index >= 15 is 0 Å². The van der Waals surface area contributed by atoms with Gasteiger partial charge in [0, 0.05) is 25.1 Å². The van der Waals surface area contributed by atoms with Crippen molar-refractivity contribution in [2.45, 2.75) is 13.0 Å². The van der Waals surface area contributed by atoms with E-state index in [-0.39, 0.29) is 5.82 Å². The zero-order valence-electron chi connectivity index (χ0n) is 11.1. The van der Waals surface area contributed by atoms with Gasteiger partial charge in [0.25, 0.3) is 0 Å². The van der Waals surface area contributed by atoms with Crippen molar-refractivity contribution in [3.05, 3.63) is 65.7 Å². The highest BCUT2D eigenvalue weighted by molar-refractivity contribution is 5.74. The van der Waals surface area contributed by atoms with Crippen LogP contribution in [0.2, 0.25) is 0 Å². The second kappa shape index (κ2) is 5.84. The first-order valence-electron chi connectivity index (χ1n) is 6.71. The number of hydrogen-bond acceptors (Lipinski definition) is 2. The van der Waals surface area contributed by atoms with Gasteiger partial charge in [-0.25, -0.2) is 9.37 Å². The number of nitrogens with zero attached hydrogens (tertiary/aromatic N) is 1. The summed E-state index contributed by atoms with van der Waals surface area (Å²) in [5, 5.41) is 3.24. The largest absolute Gasteiger partial charge is 0.342 e. The summed E-state index contributed by atoms with van der Waals surface area (Å²) in [6.07, 6.45) is 0.795. The monoisotopic (exact) mass is 269 g/mol.